The highest BCUT2D eigenvalue weighted by Crippen LogP contribution is 2.27. The van der Waals surface area contributed by atoms with Crippen molar-refractivity contribution in [2.24, 2.45) is 11.8 Å². The van der Waals surface area contributed by atoms with Gasteiger partial charge in [0, 0.05) is 12.8 Å². The van der Waals surface area contributed by atoms with E-state index in [1.807, 2.05) is 0 Å². The van der Waals surface area contributed by atoms with Gasteiger partial charge in [0.05, 0.1) is 6.10 Å². The highest BCUT2D eigenvalue weighted by molar-refractivity contribution is 4.91. The van der Waals surface area contributed by atoms with E-state index in [4.69, 9.17) is 4.52 Å². The molecule has 2 unspecified atom stereocenters. The molecule has 4 heteroatoms. The Labute approximate surface area is 102 Å². The van der Waals surface area contributed by atoms with Gasteiger partial charge in [-0.15, -0.1) is 0 Å². The van der Waals surface area contributed by atoms with Gasteiger partial charge in [0.25, 0.3) is 0 Å². The molecular weight excluding hydrogens is 216 g/mol. The third-order valence-electron chi connectivity index (χ3n) is 3.41. The second kappa shape index (κ2) is 5.63. The molecule has 1 N–H and O–H groups in total. The standard InChI is InChI=1S/C13H22N2O2/c1-9(2)7-12-14-13(17-15-12)8-10-5-3-4-6-11(10)16/h9-11,16H,3-8H2,1-2H3. The van der Waals surface area contributed by atoms with Crippen molar-refractivity contribution in [3.63, 3.8) is 0 Å². The lowest BCUT2D eigenvalue weighted by atomic mass is 9.84. The maximum absolute atomic E-state index is 9.89. The Morgan fingerprint density at radius 2 is 2.12 bits per heavy atom. The highest BCUT2D eigenvalue weighted by atomic mass is 16.5. The van der Waals surface area contributed by atoms with E-state index in [1.54, 1.807) is 0 Å². The molecule has 0 aromatic carbocycles. The van der Waals surface area contributed by atoms with E-state index < -0.39 is 0 Å². The first-order valence-corrected chi connectivity index (χ1v) is 6.64. The fourth-order valence-electron chi connectivity index (χ4n) is 2.47. The van der Waals surface area contributed by atoms with Crippen molar-refractivity contribution in [1.82, 2.24) is 10.1 Å². The van der Waals surface area contributed by atoms with Gasteiger partial charge in [0.15, 0.2) is 5.82 Å². The number of aromatic nitrogens is 2. The van der Waals surface area contributed by atoms with Crippen LogP contribution in [0.15, 0.2) is 4.52 Å². The van der Waals surface area contributed by atoms with Crippen molar-refractivity contribution < 1.29 is 9.63 Å². The summed E-state index contributed by atoms with van der Waals surface area (Å²) in [5.41, 5.74) is 0. The van der Waals surface area contributed by atoms with Crippen LogP contribution in [0.3, 0.4) is 0 Å². The van der Waals surface area contributed by atoms with Crippen molar-refractivity contribution in [2.75, 3.05) is 0 Å². The first kappa shape index (κ1) is 12.6. The average molecular weight is 238 g/mol. The summed E-state index contributed by atoms with van der Waals surface area (Å²) < 4.78 is 5.24. The normalized spacial score (nSPS) is 25.4. The average Bonchev–Trinajstić information content (AvgIpc) is 2.68. The molecule has 1 aliphatic rings. The van der Waals surface area contributed by atoms with Crippen molar-refractivity contribution >= 4 is 0 Å². The molecule has 17 heavy (non-hydrogen) atoms. The SMILES string of the molecule is CC(C)Cc1noc(CC2CCCCC2O)n1. The number of aliphatic hydroxyl groups excluding tert-OH is 1. The summed E-state index contributed by atoms with van der Waals surface area (Å²) in [4.78, 5) is 4.39. The minimum absolute atomic E-state index is 0.191. The second-order valence-corrected chi connectivity index (χ2v) is 5.52. The van der Waals surface area contributed by atoms with Gasteiger partial charge >= 0.3 is 0 Å². The molecular formula is C13H22N2O2. The summed E-state index contributed by atoms with van der Waals surface area (Å²) in [6.45, 7) is 4.28. The van der Waals surface area contributed by atoms with Crippen molar-refractivity contribution in [2.45, 2.75) is 58.5 Å². The van der Waals surface area contributed by atoms with Crippen molar-refractivity contribution in [3.8, 4) is 0 Å². The molecule has 0 radical (unpaired) electrons. The lowest BCUT2D eigenvalue weighted by molar-refractivity contribution is 0.0657. The molecule has 0 spiro atoms. The maximum Gasteiger partial charge on any atom is 0.227 e. The second-order valence-electron chi connectivity index (χ2n) is 5.52. The van der Waals surface area contributed by atoms with E-state index in [9.17, 15) is 5.11 Å². The summed E-state index contributed by atoms with van der Waals surface area (Å²) in [6, 6.07) is 0. The van der Waals surface area contributed by atoms with E-state index in [1.165, 1.54) is 6.42 Å². The molecule has 0 bridgehead atoms. The number of hydrogen-bond acceptors (Lipinski definition) is 4. The zero-order valence-corrected chi connectivity index (χ0v) is 10.7. The first-order chi connectivity index (χ1) is 8.15. The molecule has 1 fully saturated rings. The predicted octanol–water partition coefficient (Wildman–Crippen LogP) is 2.36. The summed E-state index contributed by atoms with van der Waals surface area (Å²) in [5.74, 6) is 2.32. The van der Waals surface area contributed by atoms with Gasteiger partial charge < -0.3 is 9.63 Å². The van der Waals surface area contributed by atoms with E-state index >= 15 is 0 Å². The largest absolute Gasteiger partial charge is 0.393 e. The van der Waals surface area contributed by atoms with E-state index in [-0.39, 0.29) is 6.10 Å². The number of rotatable bonds is 4. The predicted molar refractivity (Wildman–Crippen MR) is 64.5 cm³/mol. The fraction of sp³-hybridized carbons (Fsp3) is 0.846. The van der Waals surface area contributed by atoms with Crippen LogP contribution in [0.1, 0.15) is 51.2 Å². The van der Waals surface area contributed by atoms with E-state index in [0.29, 0.717) is 17.7 Å². The van der Waals surface area contributed by atoms with Crippen LogP contribution in [0.4, 0.5) is 0 Å². The molecule has 1 aromatic rings. The van der Waals surface area contributed by atoms with Crippen LogP contribution in [0.25, 0.3) is 0 Å². The molecule has 0 aliphatic heterocycles. The quantitative estimate of drug-likeness (QED) is 0.874. The summed E-state index contributed by atoms with van der Waals surface area (Å²) in [6.07, 6.45) is 5.72. The zero-order valence-electron chi connectivity index (χ0n) is 10.7. The molecule has 0 saturated heterocycles. The zero-order chi connectivity index (χ0) is 12.3. The molecule has 2 rings (SSSR count). The van der Waals surface area contributed by atoms with Crippen LogP contribution in [0, 0.1) is 11.8 Å². The highest BCUT2D eigenvalue weighted by Gasteiger charge is 2.25. The van der Waals surface area contributed by atoms with Crippen LogP contribution in [-0.4, -0.2) is 21.4 Å². The Bertz CT molecular complexity index is 349. The molecule has 1 saturated carbocycles. The molecule has 0 amide bonds. The Kier molecular flexibility index (Phi) is 4.15. The monoisotopic (exact) mass is 238 g/mol. The van der Waals surface area contributed by atoms with Crippen LogP contribution >= 0.6 is 0 Å². The first-order valence-electron chi connectivity index (χ1n) is 6.64. The summed E-state index contributed by atoms with van der Waals surface area (Å²) in [5, 5.41) is 13.9. The minimum Gasteiger partial charge on any atom is -0.393 e. The smallest absolute Gasteiger partial charge is 0.227 e. The molecule has 96 valence electrons. The van der Waals surface area contributed by atoms with Crippen LogP contribution < -0.4 is 0 Å². The molecule has 1 heterocycles. The summed E-state index contributed by atoms with van der Waals surface area (Å²) in [7, 11) is 0. The van der Waals surface area contributed by atoms with Crippen molar-refractivity contribution in [3.05, 3.63) is 11.7 Å². The van der Waals surface area contributed by atoms with Gasteiger partial charge in [-0.05, 0) is 24.7 Å². The molecule has 1 aromatic heterocycles. The van der Waals surface area contributed by atoms with E-state index in [2.05, 4.69) is 24.0 Å². The van der Waals surface area contributed by atoms with Gasteiger partial charge in [-0.3, -0.25) is 0 Å². The third-order valence-corrected chi connectivity index (χ3v) is 3.41. The fourth-order valence-corrected chi connectivity index (χ4v) is 2.47. The number of aliphatic hydroxyl groups is 1. The van der Waals surface area contributed by atoms with Gasteiger partial charge in [-0.2, -0.15) is 4.98 Å². The molecule has 2 atom stereocenters. The van der Waals surface area contributed by atoms with Gasteiger partial charge in [0.1, 0.15) is 0 Å². The number of hydrogen-bond donors (Lipinski definition) is 1. The van der Waals surface area contributed by atoms with Crippen LogP contribution in [-0.2, 0) is 12.8 Å². The van der Waals surface area contributed by atoms with E-state index in [0.717, 1.165) is 37.9 Å². The lowest BCUT2D eigenvalue weighted by Gasteiger charge is -2.26. The Morgan fingerprint density at radius 1 is 1.35 bits per heavy atom. The summed E-state index contributed by atoms with van der Waals surface area (Å²) >= 11 is 0. The number of nitrogens with zero attached hydrogens (tertiary/aromatic N) is 2. The van der Waals surface area contributed by atoms with Gasteiger partial charge in [0.2, 0.25) is 5.89 Å². The lowest BCUT2D eigenvalue weighted by Crippen LogP contribution is -2.26. The third kappa shape index (κ3) is 3.53. The van der Waals surface area contributed by atoms with Crippen molar-refractivity contribution in [1.29, 1.82) is 0 Å². The van der Waals surface area contributed by atoms with Crippen LogP contribution in [0.5, 0.6) is 0 Å². The molecule has 4 nitrogen and oxygen atoms in total. The topological polar surface area (TPSA) is 59.2 Å². The van der Waals surface area contributed by atoms with Gasteiger partial charge in [-0.1, -0.05) is 31.8 Å². The molecule has 1 aliphatic carbocycles. The van der Waals surface area contributed by atoms with Gasteiger partial charge in [-0.25, -0.2) is 0 Å². The van der Waals surface area contributed by atoms with Crippen LogP contribution in [0.2, 0.25) is 0 Å². The maximum atomic E-state index is 9.89. The Morgan fingerprint density at radius 3 is 2.82 bits per heavy atom. The Hall–Kier alpha value is -0.900. The Balaban J connectivity index is 1.91. The minimum atomic E-state index is -0.191.